The lowest BCUT2D eigenvalue weighted by atomic mass is 10.1. The van der Waals surface area contributed by atoms with Crippen molar-refractivity contribution in [3.8, 4) is 11.3 Å². The molecule has 0 bridgehead atoms. The Labute approximate surface area is 114 Å². The molecule has 0 unspecified atom stereocenters. The normalized spacial score (nSPS) is 11.0. The van der Waals surface area contributed by atoms with Gasteiger partial charge in [-0.3, -0.25) is 5.10 Å². The smallest absolute Gasteiger partial charge is 0.100 e. The van der Waals surface area contributed by atoms with Crippen LogP contribution >= 0.6 is 23.2 Å². The summed E-state index contributed by atoms with van der Waals surface area (Å²) in [5.41, 5.74) is 9.01. The van der Waals surface area contributed by atoms with E-state index in [0.717, 1.165) is 22.2 Å². The monoisotopic (exact) mass is 277 g/mol. The van der Waals surface area contributed by atoms with E-state index in [1.54, 1.807) is 6.07 Å². The lowest BCUT2D eigenvalue weighted by molar-refractivity contribution is 1.12. The molecule has 5 heteroatoms. The predicted octanol–water partition coefficient (Wildman–Crippen LogP) is 4.12. The first-order valence-electron chi connectivity index (χ1n) is 5.33. The molecular weight excluding hydrogens is 269 g/mol. The maximum absolute atomic E-state index is 6.00. The molecule has 3 rings (SSSR count). The van der Waals surface area contributed by atoms with Gasteiger partial charge >= 0.3 is 0 Å². The van der Waals surface area contributed by atoms with Crippen molar-refractivity contribution in [3.05, 3.63) is 46.4 Å². The number of halogens is 2. The fourth-order valence-electron chi connectivity index (χ4n) is 1.95. The molecule has 3 nitrogen and oxygen atoms in total. The Hall–Kier alpha value is -1.71. The van der Waals surface area contributed by atoms with E-state index in [9.17, 15) is 0 Å². The van der Waals surface area contributed by atoms with Crippen molar-refractivity contribution >= 4 is 39.8 Å². The van der Waals surface area contributed by atoms with Crippen LogP contribution in [0.25, 0.3) is 22.2 Å². The van der Waals surface area contributed by atoms with Crippen molar-refractivity contribution in [1.29, 1.82) is 0 Å². The zero-order valence-electron chi connectivity index (χ0n) is 9.24. The zero-order chi connectivity index (χ0) is 12.7. The van der Waals surface area contributed by atoms with Crippen molar-refractivity contribution in [2.75, 3.05) is 5.73 Å². The van der Waals surface area contributed by atoms with Crippen molar-refractivity contribution < 1.29 is 0 Å². The van der Waals surface area contributed by atoms with Gasteiger partial charge in [0.2, 0.25) is 0 Å². The third-order valence-electron chi connectivity index (χ3n) is 2.72. The zero-order valence-corrected chi connectivity index (χ0v) is 10.8. The predicted molar refractivity (Wildman–Crippen MR) is 76.0 cm³/mol. The second-order valence-corrected chi connectivity index (χ2v) is 4.91. The minimum atomic E-state index is 0.587. The third kappa shape index (κ3) is 1.92. The molecule has 3 aromatic rings. The number of nitrogen functional groups attached to an aromatic ring is 1. The summed E-state index contributed by atoms with van der Waals surface area (Å²) >= 11 is 12.0. The Balaban J connectivity index is 2.25. The fraction of sp³-hybridized carbons (Fsp3) is 0. The Morgan fingerprint density at radius 1 is 1.00 bits per heavy atom. The molecule has 0 aliphatic carbocycles. The Bertz CT molecular complexity index is 714. The molecule has 90 valence electrons. The van der Waals surface area contributed by atoms with Crippen LogP contribution in [-0.4, -0.2) is 10.2 Å². The van der Waals surface area contributed by atoms with Crippen LogP contribution in [0, 0.1) is 0 Å². The molecule has 18 heavy (non-hydrogen) atoms. The van der Waals surface area contributed by atoms with Gasteiger partial charge < -0.3 is 5.73 Å². The molecular formula is C13H9Cl2N3. The second kappa shape index (κ2) is 4.19. The Kier molecular flexibility index (Phi) is 2.65. The van der Waals surface area contributed by atoms with E-state index < -0.39 is 0 Å². The third-order valence-corrected chi connectivity index (χ3v) is 3.16. The van der Waals surface area contributed by atoms with Gasteiger partial charge in [0, 0.05) is 26.7 Å². The van der Waals surface area contributed by atoms with E-state index in [4.69, 9.17) is 28.9 Å². The molecule has 2 aromatic carbocycles. The fourth-order valence-corrected chi connectivity index (χ4v) is 2.47. The van der Waals surface area contributed by atoms with Crippen LogP contribution in [0.15, 0.2) is 36.4 Å². The molecule has 0 atom stereocenters. The molecule has 0 saturated carbocycles. The van der Waals surface area contributed by atoms with Crippen LogP contribution in [0.3, 0.4) is 0 Å². The first-order valence-corrected chi connectivity index (χ1v) is 6.09. The summed E-state index contributed by atoms with van der Waals surface area (Å²) in [7, 11) is 0. The highest BCUT2D eigenvalue weighted by Gasteiger charge is 2.09. The average Bonchev–Trinajstić information content (AvgIpc) is 2.70. The number of aromatic amines is 1. The van der Waals surface area contributed by atoms with Crippen LogP contribution in [0.2, 0.25) is 10.0 Å². The maximum atomic E-state index is 6.00. The van der Waals surface area contributed by atoms with Gasteiger partial charge in [0.1, 0.15) is 5.69 Å². The summed E-state index contributed by atoms with van der Waals surface area (Å²) in [6, 6.07) is 11.0. The summed E-state index contributed by atoms with van der Waals surface area (Å²) in [6.45, 7) is 0. The molecule has 0 fully saturated rings. The molecule has 0 radical (unpaired) electrons. The van der Waals surface area contributed by atoms with E-state index >= 15 is 0 Å². The molecule has 0 aliphatic rings. The Morgan fingerprint density at radius 2 is 1.72 bits per heavy atom. The van der Waals surface area contributed by atoms with Gasteiger partial charge in [0.15, 0.2) is 0 Å². The van der Waals surface area contributed by atoms with Crippen molar-refractivity contribution in [2.45, 2.75) is 0 Å². The number of benzene rings is 2. The number of hydrogen-bond acceptors (Lipinski definition) is 2. The van der Waals surface area contributed by atoms with Crippen LogP contribution < -0.4 is 5.73 Å². The van der Waals surface area contributed by atoms with Gasteiger partial charge in [0.05, 0.1) is 5.52 Å². The lowest BCUT2D eigenvalue weighted by Crippen LogP contribution is -1.83. The maximum Gasteiger partial charge on any atom is 0.100 e. The van der Waals surface area contributed by atoms with Gasteiger partial charge in [-0.25, -0.2) is 0 Å². The first kappa shape index (κ1) is 11.4. The van der Waals surface area contributed by atoms with E-state index in [1.165, 1.54) is 0 Å². The SMILES string of the molecule is Nc1ccc2c(-c3cc(Cl)cc(Cl)c3)n[nH]c2c1. The van der Waals surface area contributed by atoms with Gasteiger partial charge in [0.25, 0.3) is 0 Å². The highest BCUT2D eigenvalue weighted by atomic mass is 35.5. The average molecular weight is 278 g/mol. The van der Waals surface area contributed by atoms with Crippen LogP contribution in [0.1, 0.15) is 0 Å². The van der Waals surface area contributed by atoms with Crippen molar-refractivity contribution in [3.63, 3.8) is 0 Å². The van der Waals surface area contributed by atoms with Gasteiger partial charge in [-0.05, 0) is 36.4 Å². The standard InChI is InChI=1S/C13H9Cl2N3/c14-8-3-7(4-9(15)5-8)13-11-2-1-10(16)6-12(11)17-18-13/h1-6H,16H2,(H,17,18). The van der Waals surface area contributed by atoms with E-state index in [0.29, 0.717) is 15.7 Å². The van der Waals surface area contributed by atoms with E-state index in [1.807, 2.05) is 30.3 Å². The van der Waals surface area contributed by atoms with Gasteiger partial charge in [-0.15, -0.1) is 0 Å². The molecule has 1 heterocycles. The summed E-state index contributed by atoms with van der Waals surface area (Å²) in [5.74, 6) is 0. The van der Waals surface area contributed by atoms with E-state index in [-0.39, 0.29) is 0 Å². The minimum Gasteiger partial charge on any atom is -0.399 e. The lowest BCUT2D eigenvalue weighted by Gasteiger charge is -2.01. The van der Waals surface area contributed by atoms with Crippen molar-refractivity contribution in [2.24, 2.45) is 0 Å². The number of nitrogens with zero attached hydrogens (tertiary/aromatic N) is 1. The van der Waals surface area contributed by atoms with Gasteiger partial charge in [-0.1, -0.05) is 23.2 Å². The molecule has 0 spiro atoms. The van der Waals surface area contributed by atoms with Crippen LogP contribution in [-0.2, 0) is 0 Å². The summed E-state index contributed by atoms with van der Waals surface area (Å²) in [5, 5.41) is 9.40. The number of aromatic nitrogens is 2. The number of anilines is 1. The quantitative estimate of drug-likeness (QED) is 0.658. The van der Waals surface area contributed by atoms with Crippen LogP contribution in [0.4, 0.5) is 5.69 Å². The largest absolute Gasteiger partial charge is 0.399 e. The van der Waals surface area contributed by atoms with E-state index in [2.05, 4.69) is 10.2 Å². The summed E-state index contributed by atoms with van der Waals surface area (Å²) in [4.78, 5) is 0. The number of rotatable bonds is 1. The highest BCUT2D eigenvalue weighted by molar-refractivity contribution is 6.35. The highest BCUT2D eigenvalue weighted by Crippen LogP contribution is 2.31. The topological polar surface area (TPSA) is 54.7 Å². The molecule has 0 amide bonds. The molecule has 3 N–H and O–H groups in total. The molecule has 0 aliphatic heterocycles. The van der Waals surface area contributed by atoms with Gasteiger partial charge in [-0.2, -0.15) is 5.10 Å². The minimum absolute atomic E-state index is 0.587. The number of nitrogens with one attached hydrogen (secondary N) is 1. The number of nitrogens with two attached hydrogens (primary N) is 1. The molecule has 1 aromatic heterocycles. The number of hydrogen-bond donors (Lipinski definition) is 2. The first-order chi connectivity index (χ1) is 8.63. The second-order valence-electron chi connectivity index (χ2n) is 4.04. The van der Waals surface area contributed by atoms with Crippen molar-refractivity contribution in [1.82, 2.24) is 10.2 Å². The number of H-pyrrole nitrogens is 1. The molecule has 0 saturated heterocycles. The van der Waals surface area contributed by atoms with Crippen LogP contribution in [0.5, 0.6) is 0 Å². The number of fused-ring (bicyclic) bond motifs is 1. The Morgan fingerprint density at radius 3 is 2.44 bits per heavy atom. The summed E-state index contributed by atoms with van der Waals surface area (Å²) < 4.78 is 0. The summed E-state index contributed by atoms with van der Waals surface area (Å²) in [6.07, 6.45) is 0.